The second-order valence-electron chi connectivity index (χ2n) is 4.26. The number of hydrogen-bond donors (Lipinski definition) is 1. The first-order valence-electron chi connectivity index (χ1n) is 5.75. The zero-order valence-corrected chi connectivity index (χ0v) is 12.2. The third kappa shape index (κ3) is 3.69. The van der Waals surface area contributed by atoms with Crippen molar-refractivity contribution in [2.45, 2.75) is 11.1 Å². The summed E-state index contributed by atoms with van der Waals surface area (Å²) in [5.74, 6) is -0.782. The van der Waals surface area contributed by atoms with Crippen LogP contribution >= 0.6 is 11.6 Å². The SMILES string of the molecule is O=S(=O)(Nc1ccc(C(F)(F)F)cc1)c1ccc(F)c(Cl)c1. The maximum absolute atomic E-state index is 13.0. The molecule has 3 nitrogen and oxygen atoms in total. The fraction of sp³-hybridized carbons (Fsp3) is 0.0769. The predicted molar refractivity (Wildman–Crippen MR) is 73.7 cm³/mol. The third-order valence-corrected chi connectivity index (χ3v) is 4.33. The Labute approximate surface area is 128 Å². The highest BCUT2D eigenvalue weighted by Crippen LogP contribution is 2.30. The molecule has 2 rings (SSSR count). The van der Waals surface area contributed by atoms with E-state index in [-0.39, 0.29) is 15.6 Å². The lowest BCUT2D eigenvalue weighted by Crippen LogP contribution is -2.13. The van der Waals surface area contributed by atoms with Crippen LogP contribution in [0.5, 0.6) is 0 Å². The van der Waals surface area contributed by atoms with Crippen LogP contribution in [0.15, 0.2) is 47.4 Å². The van der Waals surface area contributed by atoms with Crippen molar-refractivity contribution in [3.05, 3.63) is 58.9 Å². The first kappa shape index (κ1) is 16.6. The molecule has 2 aromatic rings. The van der Waals surface area contributed by atoms with Gasteiger partial charge in [0.05, 0.1) is 15.5 Å². The van der Waals surface area contributed by atoms with E-state index in [9.17, 15) is 26.0 Å². The summed E-state index contributed by atoms with van der Waals surface area (Å²) in [7, 11) is -4.08. The molecule has 0 aliphatic heterocycles. The summed E-state index contributed by atoms with van der Waals surface area (Å²) in [5, 5.41) is -0.379. The molecule has 0 unspecified atom stereocenters. The minimum Gasteiger partial charge on any atom is -0.280 e. The molecule has 0 fully saturated rings. The molecule has 0 saturated carbocycles. The van der Waals surface area contributed by atoms with Crippen molar-refractivity contribution in [1.29, 1.82) is 0 Å². The molecule has 0 bridgehead atoms. The molecule has 0 heterocycles. The molecular formula is C13H8ClF4NO2S. The zero-order valence-electron chi connectivity index (χ0n) is 10.7. The number of anilines is 1. The van der Waals surface area contributed by atoms with Gasteiger partial charge in [-0.05, 0) is 42.5 Å². The van der Waals surface area contributed by atoms with E-state index >= 15 is 0 Å². The Morgan fingerprint density at radius 1 is 1.00 bits per heavy atom. The summed E-state index contributed by atoms with van der Waals surface area (Å²) in [6.45, 7) is 0. The van der Waals surface area contributed by atoms with Crippen LogP contribution in [-0.4, -0.2) is 8.42 Å². The minimum absolute atomic E-state index is 0.0616. The summed E-state index contributed by atoms with van der Waals surface area (Å²) >= 11 is 5.50. The first-order valence-corrected chi connectivity index (χ1v) is 7.61. The van der Waals surface area contributed by atoms with Gasteiger partial charge in [0.2, 0.25) is 0 Å². The van der Waals surface area contributed by atoms with Crippen molar-refractivity contribution >= 4 is 27.3 Å². The molecule has 1 N–H and O–H groups in total. The van der Waals surface area contributed by atoms with E-state index in [0.29, 0.717) is 0 Å². The van der Waals surface area contributed by atoms with Crippen LogP contribution in [-0.2, 0) is 16.2 Å². The highest BCUT2D eigenvalue weighted by molar-refractivity contribution is 7.92. The average Bonchev–Trinajstić information content (AvgIpc) is 2.41. The van der Waals surface area contributed by atoms with Crippen LogP contribution in [0.1, 0.15) is 5.56 Å². The van der Waals surface area contributed by atoms with Gasteiger partial charge >= 0.3 is 6.18 Å². The fourth-order valence-corrected chi connectivity index (χ4v) is 2.92. The van der Waals surface area contributed by atoms with Crippen LogP contribution in [0.25, 0.3) is 0 Å². The monoisotopic (exact) mass is 353 g/mol. The van der Waals surface area contributed by atoms with Crippen LogP contribution in [0.3, 0.4) is 0 Å². The van der Waals surface area contributed by atoms with E-state index in [2.05, 4.69) is 4.72 Å². The maximum atomic E-state index is 13.0. The number of halogens is 5. The summed E-state index contributed by atoms with van der Waals surface area (Å²) in [6, 6.07) is 6.22. The number of alkyl halides is 3. The first-order chi connectivity index (χ1) is 10.1. The lowest BCUT2D eigenvalue weighted by Gasteiger charge is -2.10. The molecule has 0 radical (unpaired) electrons. The van der Waals surface area contributed by atoms with Crippen molar-refractivity contribution in [2.75, 3.05) is 4.72 Å². The molecule has 0 spiro atoms. The van der Waals surface area contributed by atoms with Gasteiger partial charge in [-0.15, -0.1) is 0 Å². The standard InChI is InChI=1S/C13H8ClF4NO2S/c14-11-7-10(5-6-12(11)15)22(20,21)19-9-3-1-8(2-4-9)13(16,17)18/h1-7,19H. The minimum atomic E-state index is -4.51. The Balaban J connectivity index is 2.27. The molecule has 0 atom stereocenters. The van der Waals surface area contributed by atoms with Crippen molar-refractivity contribution < 1.29 is 26.0 Å². The number of nitrogens with one attached hydrogen (secondary N) is 1. The number of benzene rings is 2. The largest absolute Gasteiger partial charge is 0.416 e. The molecule has 0 aliphatic carbocycles. The van der Waals surface area contributed by atoms with Gasteiger partial charge in [0.1, 0.15) is 5.82 Å². The summed E-state index contributed by atoms with van der Waals surface area (Å²) in [5.41, 5.74) is -0.964. The van der Waals surface area contributed by atoms with Crippen molar-refractivity contribution in [1.82, 2.24) is 0 Å². The van der Waals surface area contributed by atoms with E-state index in [1.807, 2.05) is 0 Å². The van der Waals surface area contributed by atoms with Gasteiger partial charge in [-0.2, -0.15) is 13.2 Å². The topological polar surface area (TPSA) is 46.2 Å². The molecule has 118 valence electrons. The highest BCUT2D eigenvalue weighted by atomic mass is 35.5. The van der Waals surface area contributed by atoms with Gasteiger partial charge in [0, 0.05) is 5.69 Å². The third-order valence-electron chi connectivity index (χ3n) is 2.67. The predicted octanol–water partition coefficient (Wildman–Crippen LogP) is 4.30. The Morgan fingerprint density at radius 2 is 1.59 bits per heavy atom. The fourth-order valence-electron chi connectivity index (χ4n) is 1.59. The zero-order chi connectivity index (χ0) is 16.5. The lowest BCUT2D eigenvalue weighted by molar-refractivity contribution is -0.137. The average molecular weight is 354 g/mol. The summed E-state index contributed by atoms with van der Waals surface area (Å²) in [6.07, 6.45) is -4.51. The maximum Gasteiger partial charge on any atom is 0.416 e. The van der Waals surface area contributed by atoms with Crippen molar-refractivity contribution in [3.8, 4) is 0 Å². The summed E-state index contributed by atoms with van der Waals surface area (Å²) < 4.78 is 76.4. The Hall–Kier alpha value is -1.80. The van der Waals surface area contributed by atoms with Crippen LogP contribution in [0, 0.1) is 5.82 Å². The molecule has 0 aliphatic rings. The van der Waals surface area contributed by atoms with Crippen LogP contribution in [0.4, 0.5) is 23.2 Å². The molecular weight excluding hydrogens is 346 g/mol. The van der Waals surface area contributed by atoms with Gasteiger partial charge in [0.15, 0.2) is 0 Å². The molecule has 22 heavy (non-hydrogen) atoms. The van der Waals surface area contributed by atoms with Crippen molar-refractivity contribution in [3.63, 3.8) is 0 Å². The van der Waals surface area contributed by atoms with E-state index in [4.69, 9.17) is 11.6 Å². The second-order valence-corrected chi connectivity index (χ2v) is 6.35. The molecule has 2 aromatic carbocycles. The number of hydrogen-bond acceptors (Lipinski definition) is 2. The highest BCUT2D eigenvalue weighted by Gasteiger charge is 2.30. The van der Waals surface area contributed by atoms with Gasteiger partial charge in [-0.1, -0.05) is 11.6 Å². The van der Waals surface area contributed by atoms with Crippen LogP contribution in [0.2, 0.25) is 5.02 Å². The Bertz CT molecular complexity index is 789. The normalized spacial score (nSPS) is 12.2. The van der Waals surface area contributed by atoms with E-state index < -0.39 is 27.6 Å². The second kappa shape index (κ2) is 5.77. The van der Waals surface area contributed by atoms with Gasteiger partial charge in [0.25, 0.3) is 10.0 Å². The smallest absolute Gasteiger partial charge is 0.280 e. The molecule has 0 saturated heterocycles. The Kier molecular flexibility index (Phi) is 4.35. The van der Waals surface area contributed by atoms with E-state index in [1.165, 1.54) is 0 Å². The quantitative estimate of drug-likeness (QED) is 0.836. The van der Waals surface area contributed by atoms with E-state index in [1.54, 1.807) is 0 Å². The van der Waals surface area contributed by atoms with Crippen LogP contribution < -0.4 is 4.72 Å². The van der Waals surface area contributed by atoms with E-state index in [0.717, 1.165) is 42.5 Å². The van der Waals surface area contributed by atoms with Gasteiger partial charge in [-0.25, -0.2) is 12.8 Å². The Morgan fingerprint density at radius 3 is 2.09 bits per heavy atom. The van der Waals surface area contributed by atoms with Gasteiger partial charge in [-0.3, -0.25) is 4.72 Å². The van der Waals surface area contributed by atoms with Crippen molar-refractivity contribution in [2.24, 2.45) is 0 Å². The van der Waals surface area contributed by atoms with Gasteiger partial charge < -0.3 is 0 Å². The number of sulfonamides is 1. The molecule has 0 amide bonds. The lowest BCUT2D eigenvalue weighted by atomic mass is 10.2. The molecule has 9 heteroatoms. The summed E-state index contributed by atoms with van der Waals surface area (Å²) in [4.78, 5) is -0.307. The molecule has 0 aromatic heterocycles. The number of rotatable bonds is 3.